The van der Waals surface area contributed by atoms with Crippen LogP contribution in [0.3, 0.4) is 0 Å². The summed E-state index contributed by atoms with van der Waals surface area (Å²) in [5.41, 5.74) is 2.96. The number of fused-ring (bicyclic) bond motifs is 1. The van der Waals surface area contributed by atoms with E-state index in [1.165, 1.54) is 0 Å². The number of rotatable bonds is 3. The Balaban J connectivity index is 1.86. The Morgan fingerprint density at radius 3 is 2.79 bits per heavy atom. The molecule has 0 unspecified atom stereocenters. The van der Waals surface area contributed by atoms with Crippen molar-refractivity contribution in [2.45, 2.75) is 13.5 Å². The predicted octanol–water partition coefficient (Wildman–Crippen LogP) is 2.95. The highest BCUT2D eigenvalue weighted by molar-refractivity contribution is 5.88. The second-order valence-corrected chi connectivity index (χ2v) is 4.36. The summed E-state index contributed by atoms with van der Waals surface area (Å²) in [7, 11) is 0. The number of para-hydroxylation sites is 1. The van der Waals surface area contributed by atoms with Gasteiger partial charge in [-0.15, -0.1) is 0 Å². The lowest BCUT2D eigenvalue weighted by Gasteiger charge is -2.08. The van der Waals surface area contributed by atoms with E-state index in [1.807, 2.05) is 49.4 Å². The van der Waals surface area contributed by atoms with E-state index in [-0.39, 0.29) is 0 Å². The zero-order valence-corrected chi connectivity index (χ0v) is 10.7. The van der Waals surface area contributed by atoms with Crippen LogP contribution in [0.4, 0.5) is 5.82 Å². The Labute approximate surface area is 111 Å². The Bertz CT molecular complexity index is 704. The smallest absolute Gasteiger partial charge is 0.137 e. The molecule has 0 saturated heterocycles. The molecule has 3 rings (SSSR count). The molecular formula is C15H14N4. The van der Waals surface area contributed by atoms with E-state index in [0.717, 1.165) is 28.1 Å². The van der Waals surface area contributed by atoms with Gasteiger partial charge in [-0.3, -0.25) is 4.98 Å². The van der Waals surface area contributed by atoms with Gasteiger partial charge in [-0.25, -0.2) is 9.97 Å². The van der Waals surface area contributed by atoms with Gasteiger partial charge in [-0.2, -0.15) is 0 Å². The molecule has 0 atom stereocenters. The van der Waals surface area contributed by atoms with E-state index < -0.39 is 0 Å². The summed E-state index contributed by atoms with van der Waals surface area (Å²) in [6, 6.07) is 14.0. The summed E-state index contributed by atoms with van der Waals surface area (Å²) in [5.74, 6) is 0.842. The number of benzene rings is 1. The Morgan fingerprint density at radius 1 is 1.00 bits per heavy atom. The van der Waals surface area contributed by atoms with E-state index in [0.29, 0.717) is 6.54 Å². The molecule has 0 spiro atoms. The highest BCUT2D eigenvalue weighted by atomic mass is 15.0. The summed E-state index contributed by atoms with van der Waals surface area (Å²) < 4.78 is 0. The van der Waals surface area contributed by atoms with Crippen LogP contribution >= 0.6 is 0 Å². The molecule has 0 aliphatic heterocycles. The maximum atomic E-state index is 4.46. The van der Waals surface area contributed by atoms with Crippen molar-refractivity contribution in [3.63, 3.8) is 0 Å². The molecular weight excluding hydrogens is 236 g/mol. The average Bonchev–Trinajstić information content (AvgIpc) is 2.45. The number of nitrogens with one attached hydrogen (secondary N) is 1. The van der Waals surface area contributed by atoms with Gasteiger partial charge in [0.2, 0.25) is 0 Å². The van der Waals surface area contributed by atoms with Gasteiger partial charge in [-0.05, 0) is 31.2 Å². The number of aryl methyl sites for hydroxylation is 1. The molecule has 0 aliphatic carbocycles. The molecule has 0 bridgehead atoms. The van der Waals surface area contributed by atoms with E-state index in [2.05, 4.69) is 20.3 Å². The van der Waals surface area contributed by atoms with Crippen molar-refractivity contribution in [2.24, 2.45) is 0 Å². The standard InChI is InChI=1S/C15H14N4/c1-11-5-4-6-12(19-11)9-16-15-13-7-2-3-8-14(13)17-10-18-15/h2-8,10H,9H2,1H3,(H,16,17,18). The summed E-state index contributed by atoms with van der Waals surface area (Å²) >= 11 is 0. The fourth-order valence-corrected chi connectivity index (χ4v) is 2.02. The monoisotopic (exact) mass is 250 g/mol. The number of anilines is 1. The number of hydrogen-bond donors (Lipinski definition) is 1. The fraction of sp³-hybridized carbons (Fsp3) is 0.133. The minimum Gasteiger partial charge on any atom is -0.364 e. The molecule has 1 N–H and O–H groups in total. The van der Waals surface area contributed by atoms with Crippen LogP contribution in [0, 0.1) is 6.92 Å². The first kappa shape index (κ1) is 11.6. The molecule has 1 aromatic carbocycles. The Kier molecular flexibility index (Phi) is 3.06. The van der Waals surface area contributed by atoms with Gasteiger partial charge >= 0.3 is 0 Å². The third kappa shape index (κ3) is 2.52. The molecule has 0 fully saturated rings. The lowest BCUT2D eigenvalue weighted by molar-refractivity contribution is 1.00. The molecule has 3 aromatic rings. The molecule has 2 heterocycles. The van der Waals surface area contributed by atoms with Crippen molar-refractivity contribution < 1.29 is 0 Å². The van der Waals surface area contributed by atoms with Gasteiger partial charge in [0, 0.05) is 11.1 Å². The summed E-state index contributed by atoms with van der Waals surface area (Å²) in [4.78, 5) is 13.0. The van der Waals surface area contributed by atoms with Gasteiger partial charge in [0.1, 0.15) is 12.1 Å². The van der Waals surface area contributed by atoms with Crippen molar-refractivity contribution in [2.75, 3.05) is 5.32 Å². The van der Waals surface area contributed by atoms with Crippen LogP contribution in [0.25, 0.3) is 10.9 Å². The first-order valence-corrected chi connectivity index (χ1v) is 6.19. The molecule has 2 aromatic heterocycles. The lowest BCUT2D eigenvalue weighted by Crippen LogP contribution is -2.04. The second-order valence-electron chi connectivity index (χ2n) is 4.36. The number of pyridine rings is 1. The zero-order valence-electron chi connectivity index (χ0n) is 10.7. The Morgan fingerprint density at radius 2 is 1.89 bits per heavy atom. The SMILES string of the molecule is Cc1cccc(CNc2ncnc3ccccc23)n1. The van der Waals surface area contributed by atoms with E-state index >= 15 is 0 Å². The van der Waals surface area contributed by atoms with E-state index in [4.69, 9.17) is 0 Å². The fourth-order valence-electron chi connectivity index (χ4n) is 2.02. The van der Waals surface area contributed by atoms with Crippen LogP contribution in [-0.4, -0.2) is 15.0 Å². The minimum atomic E-state index is 0.655. The third-order valence-electron chi connectivity index (χ3n) is 2.93. The molecule has 0 saturated carbocycles. The molecule has 4 heteroatoms. The molecule has 94 valence electrons. The van der Waals surface area contributed by atoms with E-state index in [9.17, 15) is 0 Å². The summed E-state index contributed by atoms with van der Waals surface area (Å²) in [6.07, 6.45) is 1.58. The predicted molar refractivity (Wildman–Crippen MR) is 75.8 cm³/mol. The van der Waals surface area contributed by atoms with Crippen molar-refractivity contribution in [1.29, 1.82) is 0 Å². The van der Waals surface area contributed by atoms with Crippen molar-refractivity contribution in [3.8, 4) is 0 Å². The number of hydrogen-bond acceptors (Lipinski definition) is 4. The van der Waals surface area contributed by atoms with Crippen molar-refractivity contribution in [3.05, 3.63) is 60.2 Å². The molecule has 0 aliphatic rings. The largest absolute Gasteiger partial charge is 0.364 e. The molecule has 19 heavy (non-hydrogen) atoms. The quantitative estimate of drug-likeness (QED) is 0.776. The Hall–Kier alpha value is -2.49. The van der Waals surface area contributed by atoms with Crippen molar-refractivity contribution in [1.82, 2.24) is 15.0 Å². The van der Waals surface area contributed by atoms with Gasteiger partial charge < -0.3 is 5.32 Å². The topological polar surface area (TPSA) is 50.7 Å². The molecule has 4 nitrogen and oxygen atoms in total. The van der Waals surface area contributed by atoms with Crippen LogP contribution in [0.1, 0.15) is 11.4 Å². The molecule has 0 radical (unpaired) electrons. The second kappa shape index (κ2) is 5.02. The number of nitrogens with zero attached hydrogens (tertiary/aromatic N) is 3. The average molecular weight is 250 g/mol. The molecule has 0 amide bonds. The summed E-state index contributed by atoms with van der Waals surface area (Å²) in [6.45, 7) is 2.65. The van der Waals surface area contributed by atoms with Crippen LogP contribution in [0.2, 0.25) is 0 Å². The van der Waals surface area contributed by atoms with E-state index in [1.54, 1.807) is 6.33 Å². The maximum Gasteiger partial charge on any atom is 0.137 e. The van der Waals surface area contributed by atoms with Gasteiger partial charge in [-0.1, -0.05) is 18.2 Å². The number of aromatic nitrogens is 3. The minimum absolute atomic E-state index is 0.655. The highest BCUT2D eigenvalue weighted by Crippen LogP contribution is 2.18. The normalized spacial score (nSPS) is 10.6. The van der Waals surface area contributed by atoms with Gasteiger partial charge in [0.15, 0.2) is 0 Å². The highest BCUT2D eigenvalue weighted by Gasteiger charge is 2.02. The van der Waals surface area contributed by atoms with Crippen LogP contribution in [-0.2, 0) is 6.54 Å². The van der Waals surface area contributed by atoms with Crippen LogP contribution in [0.15, 0.2) is 48.8 Å². The first-order valence-electron chi connectivity index (χ1n) is 6.19. The zero-order chi connectivity index (χ0) is 13.1. The van der Waals surface area contributed by atoms with Gasteiger partial charge in [0.05, 0.1) is 17.8 Å². The van der Waals surface area contributed by atoms with Crippen LogP contribution in [0.5, 0.6) is 0 Å². The third-order valence-corrected chi connectivity index (χ3v) is 2.93. The lowest BCUT2D eigenvalue weighted by atomic mass is 10.2. The summed E-state index contributed by atoms with van der Waals surface area (Å²) in [5, 5.41) is 4.34. The van der Waals surface area contributed by atoms with Gasteiger partial charge in [0.25, 0.3) is 0 Å². The maximum absolute atomic E-state index is 4.46. The van der Waals surface area contributed by atoms with Crippen LogP contribution < -0.4 is 5.32 Å². The van der Waals surface area contributed by atoms with Crippen molar-refractivity contribution >= 4 is 16.7 Å². The first-order chi connectivity index (χ1) is 9.33.